The number of rotatable bonds is 1. The molecule has 2 rings (SSSR count). The van der Waals surface area contributed by atoms with Crippen molar-refractivity contribution >= 4 is 10.0 Å². The minimum absolute atomic E-state index is 0.307. The van der Waals surface area contributed by atoms with Crippen molar-refractivity contribution in [2.24, 2.45) is 11.1 Å². The zero-order chi connectivity index (χ0) is 8.77. The zero-order valence-electron chi connectivity index (χ0n) is 6.94. The van der Waals surface area contributed by atoms with Crippen molar-refractivity contribution in [3.63, 3.8) is 0 Å². The van der Waals surface area contributed by atoms with Crippen LogP contribution >= 0.6 is 0 Å². The van der Waals surface area contributed by atoms with Gasteiger partial charge in [-0.05, 0) is 25.3 Å². The van der Waals surface area contributed by atoms with E-state index in [1.807, 2.05) is 0 Å². The molecule has 0 saturated carbocycles. The van der Waals surface area contributed by atoms with Crippen LogP contribution in [0.5, 0.6) is 0 Å². The number of hydrogen-bond donors (Lipinski definition) is 1. The van der Waals surface area contributed by atoms with Crippen molar-refractivity contribution in [2.75, 3.05) is 19.6 Å². The molecule has 2 aliphatic rings. The fourth-order valence-electron chi connectivity index (χ4n) is 2.24. The summed E-state index contributed by atoms with van der Waals surface area (Å²) >= 11 is 0. The van der Waals surface area contributed by atoms with E-state index < -0.39 is 10.0 Å². The summed E-state index contributed by atoms with van der Waals surface area (Å²) in [6, 6.07) is 0. The number of hydrogen-bond acceptors (Lipinski definition) is 3. The molecule has 0 aromatic heterocycles. The molecule has 2 fully saturated rings. The van der Waals surface area contributed by atoms with E-state index in [9.17, 15) is 8.42 Å². The molecule has 2 heterocycles. The van der Waals surface area contributed by atoms with Crippen LogP contribution < -0.4 is 5.14 Å². The Hall–Kier alpha value is -0.130. The molecule has 70 valence electrons. The summed E-state index contributed by atoms with van der Waals surface area (Å²) in [6.07, 6.45) is 1.92. The zero-order valence-corrected chi connectivity index (χ0v) is 7.76. The van der Waals surface area contributed by atoms with Gasteiger partial charge in [0.05, 0.1) is 5.25 Å². The van der Waals surface area contributed by atoms with Gasteiger partial charge in [-0.15, -0.1) is 0 Å². The fourth-order valence-corrected chi connectivity index (χ4v) is 3.20. The number of primary sulfonamides is 1. The highest BCUT2D eigenvalue weighted by Crippen LogP contribution is 2.28. The molecule has 0 amide bonds. The van der Waals surface area contributed by atoms with Gasteiger partial charge in [-0.3, -0.25) is 0 Å². The van der Waals surface area contributed by atoms with Crippen molar-refractivity contribution in [1.82, 2.24) is 4.90 Å². The third-order valence-corrected chi connectivity index (χ3v) is 4.16. The van der Waals surface area contributed by atoms with Crippen LogP contribution in [0.2, 0.25) is 0 Å². The van der Waals surface area contributed by atoms with Gasteiger partial charge >= 0.3 is 0 Å². The minimum Gasteiger partial charge on any atom is -0.302 e. The van der Waals surface area contributed by atoms with E-state index >= 15 is 0 Å². The van der Waals surface area contributed by atoms with Gasteiger partial charge in [-0.2, -0.15) is 0 Å². The molecular weight excluding hydrogens is 176 g/mol. The Kier molecular flexibility index (Phi) is 1.89. The lowest BCUT2D eigenvalue weighted by Crippen LogP contribution is -2.43. The van der Waals surface area contributed by atoms with E-state index in [-0.39, 0.29) is 5.25 Å². The highest BCUT2D eigenvalue weighted by molar-refractivity contribution is 7.89. The highest BCUT2D eigenvalue weighted by atomic mass is 32.2. The lowest BCUT2D eigenvalue weighted by molar-refractivity contribution is 0.271. The molecule has 3 unspecified atom stereocenters. The van der Waals surface area contributed by atoms with Gasteiger partial charge in [0.2, 0.25) is 10.0 Å². The van der Waals surface area contributed by atoms with Gasteiger partial charge in [0.15, 0.2) is 0 Å². The first-order valence-electron chi connectivity index (χ1n) is 4.29. The van der Waals surface area contributed by atoms with Gasteiger partial charge in [-0.1, -0.05) is 0 Å². The predicted octanol–water partition coefficient (Wildman–Crippen LogP) is -0.631. The fraction of sp³-hybridized carbons (Fsp3) is 1.00. The number of piperidine rings is 1. The van der Waals surface area contributed by atoms with Gasteiger partial charge in [-0.25, -0.2) is 13.6 Å². The average Bonchev–Trinajstić information content (AvgIpc) is 2.28. The molecule has 0 spiro atoms. The second kappa shape index (κ2) is 2.68. The largest absolute Gasteiger partial charge is 0.302 e. The molecule has 2 N–H and O–H groups in total. The molecule has 4 nitrogen and oxygen atoms in total. The normalized spacial score (nSPS) is 41.6. The Balaban J connectivity index is 2.13. The van der Waals surface area contributed by atoms with Crippen molar-refractivity contribution < 1.29 is 8.42 Å². The first-order chi connectivity index (χ1) is 5.55. The van der Waals surface area contributed by atoms with Crippen LogP contribution in [0.4, 0.5) is 0 Å². The molecule has 3 atom stereocenters. The maximum atomic E-state index is 11.1. The van der Waals surface area contributed by atoms with Crippen molar-refractivity contribution in [2.45, 2.75) is 18.1 Å². The van der Waals surface area contributed by atoms with E-state index in [2.05, 4.69) is 4.90 Å². The van der Waals surface area contributed by atoms with Crippen LogP contribution in [0.3, 0.4) is 0 Å². The molecule has 12 heavy (non-hydrogen) atoms. The smallest absolute Gasteiger partial charge is 0.213 e. The molecule has 0 aromatic rings. The first kappa shape index (κ1) is 8.47. The predicted molar refractivity (Wildman–Crippen MR) is 46.1 cm³/mol. The Bertz CT molecular complexity index is 263. The molecule has 0 radical (unpaired) electrons. The van der Waals surface area contributed by atoms with Crippen LogP contribution in [0.25, 0.3) is 0 Å². The molecule has 0 aromatic carbocycles. The van der Waals surface area contributed by atoms with Gasteiger partial charge in [0.1, 0.15) is 0 Å². The minimum atomic E-state index is -3.29. The van der Waals surface area contributed by atoms with Crippen molar-refractivity contribution in [3.05, 3.63) is 0 Å². The SMILES string of the molecule is NS(=O)(=O)C1CC2CCN(C2)C1. The molecular formula is C7H14N2O2S. The van der Waals surface area contributed by atoms with Crippen LogP contribution in [-0.4, -0.2) is 38.2 Å². The van der Waals surface area contributed by atoms with E-state index in [1.165, 1.54) is 0 Å². The first-order valence-corrected chi connectivity index (χ1v) is 5.90. The van der Waals surface area contributed by atoms with Gasteiger partial charge in [0, 0.05) is 13.1 Å². The highest BCUT2D eigenvalue weighted by Gasteiger charge is 2.36. The summed E-state index contributed by atoms with van der Waals surface area (Å²) in [5.74, 6) is 0.571. The quantitative estimate of drug-likeness (QED) is 0.598. The number of nitrogens with two attached hydrogens (primary N) is 1. The summed E-state index contributed by atoms with van der Waals surface area (Å²) in [6.45, 7) is 2.78. The Morgan fingerprint density at radius 3 is 2.67 bits per heavy atom. The van der Waals surface area contributed by atoms with Crippen LogP contribution in [0.1, 0.15) is 12.8 Å². The summed E-state index contributed by atoms with van der Waals surface area (Å²) in [4.78, 5) is 2.20. The molecule has 5 heteroatoms. The number of sulfonamides is 1. The van der Waals surface area contributed by atoms with E-state index in [4.69, 9.17) is 5.14 Å². The lowest BCUT2D eigenvalue weighted by Gasteiger charge is -2.28. The van der Waals surface area contributed by atoms with Crippen molar-refractivity contribution in [1.29, 1.82) is 0 Å². The molecule has 0 aliphatic carbocycles. The summed E-state index contributed by atoms with van der Waals surface area (Å²) in [5, 5.41) is 4.80. The maximum Gasteiger partial charge on any atom is 0.213 e. The number of nitrogens with zero attached hydrogens (tertiary/aromatic N) is 1. The van der Waals surface area contributed by atoms with E-state index in [1.54, 1.807) is 0 Å². The maximum absolute atomic E-state index is 11.1. The summed E-state index contributed by atoms with van der Waals surface area (Å²) in [7, 11) is -3.29. The Morgan fingerprint density at radius 1 is 1.33 bits per heavy atom. The molecule has 2 aliphatic heterocycles. The second-order valence-electron chi connectivity index (χ2n) is 3.86. The van der Waals surface area contributed by atoms with E-state index in [0.717, 1.165) is 25.9 Å². The summed E-state index contributed by atoms with van der Waals surface area (Å²) in [5.41, 5.74) is 0. The second-order valence-corrected chi connectivity index (χ2v) is 5.71. The standard InChI is InChI=1S/C7H14N2O2S/c8-12(10,11)7-3-6-1-2-9(4-6)5-7/h6-7H,1-5H2,(H2,8,10,11). The van der Waals surface area contributed by atoms with Gasteiger partial charge in [0.25, 0.3) is 0 Å². The molecule has 2 saturated heterocycles. The average molecular weight is 190 g/mol. The van der Waals surface area contributed by atoms with Gasteiger partial charge < -0.3 is 4.90 Å². The molecule has 2 bridgehead atoms. The van der Waals surface area contributed by atoms with E-state index in [0.29, 0.717) is 12.5 Å². The summed E-state index contributed by atoms with van der Waals surface area (Å²) < 4.78 is 22.1. The third kappa shape index (κ3) is 1.48. The van der Waals surface area contributed by atoms with Crippen LogP contribution in [0, 0.1) is 5.92 Å². The number of fused-ring (bicyclic) bond motifs is 2. The van der Waals surface area contributed by atoms with Crippen LogP contribution in [-0.2, 0) is 10.0 Å². The Morgan fingerprint density at radius 2 is 2.08 bits per heavy atom. The Labute approximate surface area is 72.8 Å². The topological polar surface area (TPSA) is 63.4 Å². The van der Waals surface area contributed by atoms with Crippen LogP contribution in [0.15, 0.2) is 0 Å². The monoisotopic (exact) mass is 190 g/mol. The lowest BCUT2D eigenvalue weighted by atomic mass is 10.0. The van der Waals surface area contributed by atoms with Crippen molar-refractivity contribution in [3.8, 4) is 0 Å². The third-order valence-electron chi connectivity index (χ3n) is 2.89.